The third-order valence-corrected chi connectivity index (χ3v) is 5.30. The van der Waals surface area contributed by atoms with Gasteiger partial charge >= 0.3 is 0 Å². The Morgan fingerprint density at radius 1 is 0.677 bits per heavy atom. The van der Waals surface area contributed by atoms with Gasteiger partial charge < -0.3 is 14.2 Å². The van der Waals surface area contributed by atoms with Crippen LogP contribution in [0.1, 0.15) is 16.8 Å². The first-order chi connectivity index (χ1) is 15.2. The van der Waals surface area contributed by atoms with Gasteiger partial charge in [0.05, 0.1) is 5.69 Å². The molecule has 4 aromatic rings. The topological polar surface area (TPSA) is 53.5 Å². The number of benzene rings is 2. The molecule has 0 aliphatic heterocycles. The Labute approximate surface area is 189 Å². The minimum atomic E-state index is 0.344. The fourth-order valence-electron chi connectivity index (χ4n) is 2.82. The van der Waals surface area contributed by atoms with E-state index in [0.717, 1.165) is 21.3 Å². The molecule has 0 bridgehead atoms. The lowest BCUT2D eigenvalue weighted by atomic mass is 10.2. The van der Waals surface area contributed by atoms with Crippen LogP contribution in [-0.2, 0) is 13.2 Å². The highest BCUT2D eigenvalue weighted by Gasteiger charge is 2.13. The molecule has 0 fully saturated rings. The molecule has 0 saturated carbocycles. The lowest BCUT2D eigenvalue weighted by Gasteiger charge is -2.13. The molecule has 2 aromatic carbocycles. The third kappa shape index (κ3) is 5.83. The normalized spacial score (nSPS) is 10.5. The molecular formula is C25H21BrN2O3. The summed E-state index contributed by atoms with van der Waals surface area (Å²) in [5.74, 6) is 1.73. The molecule has 0 aliphatic rings. The van der Waals surface area contributed by atoms with Gasteiger partial charge in [0.2, 0.25) is 11.8 Å². The van der Waals surface area contributed by atoms with Gasteiger partial charge in [-0.05, 0) is 46.1 Å². The average molecular weight is 477 g/mol. The SMILES string of the molecule is Cc1nc(Oc2ccc(OCc3ccccc3)nc2OCc2ccccc2)ccc1Br. The van der Waals surface area contributed by atoms with Gasteiger partial charge in [-0.2, -0.15) is 4.98 Å². The Balaban J connectivity index is 1.55. The predicted octanol–water partition coefficient (Wildman–Crippen LogP) is 6.50. The fraction of sp³-hybridized carbons (Fsp3) is 0.120. The fourth-order valence-corrected chi connectivity index (χ4v) is 3.04. The van der Waals surface area contributed by atoms with Crippen molar-refractivity contribution in [3.8, 4) is 23.4 Å². The lowest BCUT2D eigenvalue weighted by Crippen LogP contribution is -2.03. The summed E-state index contributed by atoms with van der Waals surface area (Å²) in [7, 11) is 0. The second-order valence-electron chi connectivity index (χ2n) is 6.82. The van der Waals surface area contributed by atoms with Gasteiger partial charge in [0.15, 0.2) is 5.75 Å². The van der Waals surface area contributed by atoms with Crippen LogP contribution < -0.4 is 14.2 Å². The van der Waals surface area contributed by atoms with E-state index in [2.05, 4.69) is 25.9 Å². The van der Waals surface area contributed by atoms with E-state index in [1.807, 2.05) is 73.7 Å². The van der Waals surface area contributed by atoms with Gasteiger partial charge in [0.25, 0.3) is 5.88 Å². The number of halogens is 1. The summed E-state index contributed by atoms with van der Waals surface area (Å²) in [6.07, 6.45) is 0. The molecule has 5 nitrogen and oxygen atoms in total. The number of hydrogen-bond donors (Lipinski definition) is 0. The maximum atomic E-state index is 5.99. The number of nitrogens with zero attached hydrogens (tertiary/aromatic N) is 2. The Morgan fingerprint density at radius 3 is 1.94 bits per heavy atom. The molecule has 4 rings (SSSR count). The van der Waals surface area contributed by atoms with E-state index in [4.69, 9.17) is 14.2 Å². The van der Waals surface area contributed by atoms with Crippen LogP contribution in [0, 0.1) is 6.92 Å². The standard InChI is InChI=1S/C25H21BrN2O3/c1-18-21(26)12-14-24(27-18)31-22-13-15-23(29-16-19-8-4-2-5-9-19)28-25(22)30-17-20-10-6-3-7-11-20/h2-15H,16-17H2,1H3. The van der Waals surface area contributed by atoms with Crippen LogP contribution in [0.15, 0.2) is 89.4 Å². The largest absolute Gasteiger partial charge is 0.473 e. The zero-order valence-electron chi connectivity index (χ0n) is 17.0. The molecule has 0 aliphatic carbocycles. The van der Waals surface area contributed by atoms with Crippen molar-refractivity contribution in [1.29, 1.82) is 0 Å². The number of pyridine rings is 2. The van der Waals surface area contributed by atoms with Gasteiger partial charge in [0.1, 0.15) is 13.2 Å². The van der Waals surface area contributed by atoms with Crippen LogP contribution in [0.2, 0.25) is 0 Å². The molecule has 0 amide bonds. The summed E-state index contributed by atoms with van der Waals surface area (Å²) in [6, 6.07) is 27.1. The van der Waals surface area contributed by atoms with E-state index in [-0.39, 0.29) is 0 Å². The maximum Gasteiger partial charge on any atom is 0.261 e. The molecule has 0 spiro atoms. The van der Waals surface area contributed by atoms with Crippen molar-refractivity contribution in [2.24, 2.45) is 0 Å². The van der Waals surface area contributed by atoms with Crippen LogP contribution in [0.25, 0.3) is 0 Å². The summed E-state index contributed by atoms with van der Waals surface area (Å²) in [5, 5.41) is 0. The van der Waals surface area contributed by atoms with E-state index in [1.165, 1.54) is 0 Å². The minimum Gasteiger partial charge on any atom is -0.473 e. The molecule has 0 atom stereocenters. The second-order valence-corrected chi connectivity index (χ2v) is 7.67. The predicted molar refractivity (Wildman–Crippen MR) is 123 cm³/mol. The Morgan fingerprint density at radius 2 is 1.29 bits per heavy atom. The van der Waals surface area contributed by atoms with Crippen LogP contribution in [0.3, 0.4) is 0 Å². The molecule has 6 heteroatoms. The molecule has 2 aromatic heterocycles. The quantitative estimate of drug-likeness (QED) is 0.290. The molecule has 2 heterocycles. The molecule has 156 valence electrons. The van der Waals surface area contributed by atoms with Crippen LogP contribution in [-0.4, -0.2) is 9.97 Å². The number of rotatable bonds is 8. The number of aromatic nitrogens is 2. The summed E-state index contributed by atoms with van der Waals surface area (Å²) < 4.78 is 18.7. The van der Waals surface area contributed by atoms with Crippen molar-refractivity contribution in [1.82, 2.24) is 9.97 Å². The first kappa shape index (κ1) is 20.9. The van der Waals surface area contributed by atoms with E-state index in [0.29, 0.717) is 36.6 Å². The molecule has 0 saturated heterocycles. The first-order valence-electron chi connectivity index (χ1n) is 9.83. The Bertz CT molecular complexity index is 1140. The summed E-state index contributed by atoms with van der Waals surface area (Å²) in [5.41, 5.74) is 2.93. The Kier molecular flexibility index (Phi) is 6.79. The van der Waals surface area contributed by atoms with Crippen molar-refractivity contribution in [3.63, 3.8) is 0 Å². The van der Waals surface area contributed by atoms with Gasteiger partial charge in [-0.25, -0.2) is 4.98 Å². The molecule has 0 radical (unpaired) electrons. The minimum absolute atomic E-state index is 0.344. The third-order valence-electron chi connectivity index (χ3n) is 4.46. The van der Waals surface area contributed by atoms with Gasteiger partial charge in [-0.15, -0.1) is 0 Å². The maximum absolute atomic E-state index is 5.99. The van der Waals surface area contributed by atoms with Gasteiger partial charge in [-0.1, -0.05) is 60.7 Å². The van der Waals surface area contributed by atoms with Crippen molar-refractivity contribution in [2.75, 3.05) is 0 Å². The first-order valence-corrected chi connectivity index (χ1v) is 10.6. The van der Waals surface area contributed by atoms with Crippen LogP contribution in [0.4, 0.5) is 0 Å². The summed E-state index contributed by atoms with van der Waals surface area (Å²) >= 11 is 3.45. The number of ether oxygens (including phenoxy) is 3. The summed E-state index contributed by atoms with van der Waals surface area (Å²) in [4.78, 5) is 8.97. The highest BCUT2D eigenvalue weighted by molar-refractivity contribution is 9.10. The van der Waals surface area contributed by atoms with Gasteiger partial charge in [-0.3, -0.25) is 0 Å². The van der Waals surface area contributed by atoms with Crippen LogP contribution in [0.5, 0.6) is 23.4 Å². The zero-order chi connectivity index (χ0) is 21.5. The molecular weight excluding hydrogens is 456 g/mol. The molecule has 0 N–H and O–H groups in total. The van der Waals surface area contributed by atoms with Crippen molar-refractivity contribution in [2.45, 2.75) is 20.1 Å². The highest BCUT2D eigenvalue weighted by atomic mass is 79.9. The number of hydrogen-bond acceptors (Lipinski definition) is 5. The second kappa shape index (κ2) is 10.1. The van der Waals surface area contributed by atoms with E-state index < -0.39 is 0 Å². The molecule has 0 unspecified atom stereocenters. The molecule has 31 heavy (non-hydrogen) atoms. The van der Waals surface area contributed by atoms with Crippen LogP contribution >= 0.6 is 15.9 Å². The van der Waals surface area contributed by atoms with Crippen molar-refractivity contribution in [3.05, 3.63) is 106 Å². The zero-order valence-corrected chi connectivity index (χ0v) is 18.6. The van der Waals surface area contributed by atoms with E-state index in [9.17, 15) is 0 Å². The average Bonchev–Trinajstić information content (AvgIpc) is 2.81. The van der Waals surface area contributed by atoms with E-state index >= 15 is 0 Å². The monoisotopic (exact) mass is 476 g/mol. The Hall–Kier alpha value is -3.38. The van der Waals surface area contributed by atoms with Crippen molar-refractivity contribution < 1.29 is 14.2 Å². The number of aryl methyl sites for hydroxylation is 1. The van der Waals surface area contributed by atoms with Crippen molar-refractivity contribution >= 4 is 15.9 Å². The summed E-state index contributed by atoms with van der Waals surface area (Å²) in [6.45, 7) is 2.68. The van der Waals surface area contributed by atoms with E-state index in [1.54, 1.807) is 18.2 Å². The smallest absolute Gasteiger partial charge is 0.261 e. The van der Waals surface area contributed by atoms with Gasteiger partial charge in [0, 0.05) is 16.6 Å². The lowest BCUT2D eigenvalue weighted by molar-refractivity contribution is 0.257. The highest BCUT2D eigenvalue weighted by Crippen LogP contribution is 2.32.